The number of carbonyl (C=O) groups excluding carboxylic acids is 1. The number of fused-ring (bicyclic) bond motifs is 1. The van der Waals surface area contributed by atoms with Crippen molar-refractivity contribution < 1.29 is 4.79 Å². The molecular formula is C13H15N3O. The molecule has 2 aromatic rings. The lowest BCUT2D eigenvalue weighted by Gasteiger charge is -2.15. The highest BCUT2D eigenvalue weighted by molar-refractivity contribution is 5.95. The van der Waals surface area contributed by atoms with Gasteiger partial charge in [0.25, 0.3) is 5.91 Å². The van der Waals surface area contributed by atoms with Gasteiger partial charge in [-0.1, -0.05) is 36.4 Å². The van der Waals surface area contributed by atoms with Crippen LogP contribution in [0.3, 0.4) is 0 Å². The van der Waals surface area contributed by atoms with Gasteiger partial charge in [-0.25, -0.2) is 5.84 Å². The molecule has 1 amide bonds. The highest BCUT2D eigenvalue weighted by Gasteiger charge is 2.11. The maximum Gasteiger partial charge on any atom is 0.256 e. The second kappa shape index (κ2) is 4.84. The Bertz CT molecular complexity index is 534. The summed E-state index contributed by atoms with van der Waals surface area (Å²) in [5.74, 6) is 4.86. The fraction of sp³-hybridized carbons (Fsp3) is 0.154. The number of hydrazine groups is 1. The first-order chi connectivity index (χ1) is 8.22. The normalized spacial score (nSPS) is 12.1. The zero-order valence-corrected chi connectivity index (χ0v) is 9.60. The Morgan fingerprint density at radius 2 is 1.88 bits per heavy atom. The number of nitrogens with one attached hydrogen (secondary N) is 2. The molecule has 0 aromatic heterocycles. The van der Waals surface area contributed by atoms with Gasteiger partial charge in [0.15, 0.2) is 0 Å². The molecule has 0 bridgehead atoms. The summed E-state index contributed by atoms with van der Waals surface area (Å²) >= 11 is 0. The van der Waals surface area contributed by atoms with Gasteiger partial charge in [0.2, 0.25) is 0 Å². The number of nitrogens with two attached hydrogens (primary N) is 1. The van der Waals surface area contributed by atoms with Gasteiger partial charge in [-0.3, -0.25) is 10.2 Å². The topological polar surface area (TPSA) is 67.2 Å². The molecule has 0 saturated carbocycles. The van der Waals surface area contributed by atoms with Crippen molar-refractivity contribution in [1.29, 1.82) is 0 Å². The van der Waals surface area contributed by atoms with Gasteiger partial charge in [-0.2, -0.15) is 0 Å². The van der Waals surface area contributed by atoms with Crippen molar-refractivity contribution in [2.45, 2.75) is 13.0 Å². The summed E-state index contributed by atoms with van der Waals surface area (Å²) in [5.41, 5.74) is 3.06. The van der Waals surface area contributed by atoms with Gasteiger partial charge in [-0.05, 0) is 18.4 Å². The molecule has 1 atom stereocenters. The molecule has 0 spiro atoms. The Morgan fingerprint density at radius 1 is 1.18 bits per heavy atom. The zero-order valence-electron chi connectivity index (χ0n) is 9.60. The summed E-state index contributed by atoms with van der Waals surface area (Å²) in [4.78, 5) is 11.4. The highest BCUT2D eigenvalue weighted by atomic mass is 16.2. The quantitative estimate of drug-likeness (QED) is 0.426. The molecule has 0 saturated heterocycles. The molecule has 4 nitrogen and oxygen atoms in total. The van der Waals surface area contributed by atoms with Crippen molar-refractivity contribution in [3.63, 3.8) is 0 Å². The SMILES string of the molecule is C[C@@H](Nc1cccc2ccccc12)C(=O)NN. The van der Waals surface area contributed by atoms with Crippen molar-refractivity contribution in [3.8, 4) is 0 Å². The van der Waals surface area contributed by atoms with Crippen LogP contribution in [0.15, 0.2) is 42.5 Å². The van der Waals surface area contributed by atoms with E-state index >= 15 is 0 Å². The summed E-state index contributed by atoms with van der Waals surface area (Å²) in [5, 5.41) is 5.37. The molecule has 17 heavy (non-hydrogen) atoms. The molecule has 0 radical (unpaired) electrons. The standard InChI is InChI=1S/C13H15N3O/c1-9(13(17)16-14)15-12-8-4-6-10-5-2-3-7-11(10)12/h2-9,15H,14H2,1H3,(H,16,17)/t9-/m1/s1. The molecule has 4 heteroatoms. The molecule has 0 heterocycles. The molecule has 0 fully saturated rings. The molecule has 2 aromatic carbocycles. The number of anilines is 1. The second-order valence-electron chi connectivity index (χ2n) is 3.90. The van der Waals surface area contributed by atoms with E-state index in [1.807, 2.05) is 42.5 Å². The van der Waals surface area contributed by atoms with Crippen LogP contribution < -0.4 is 16.6 Å². The van der Waals surface area contributed by atoms with Gasteiger partial charge >= 0.3 is 0 Å². The van der Waals surface area contributed by atoms with E-state index in [9.17, 15) is 4.79 Å². The monoisotopic (exact) mass is 229 g/mol. The van der Waals surface area contributed by atoms with Gasteiger partial charge in [0.05, 0.1) is 0 Å². The molecule has 2 rings (SSSR count). The van der Waals surface area contributed by atoms with Gasteiger partial charge in [0, 0.05) is 11.1 Å². The zero-order chi connectivity index (χ0) is 12.3. The molecular weight excluding hydrogens is 214 g/mol. The predicted molar refractivity (Wildman–Crippen MR) is 69.4 cm³/mol. The molecule has 0 unspecified atom stereocenters. The van der Waals surface area contributed by atoms with Crippen LogP contribution in [0.2, 0.25) is 0 Å². The first-order valence-corrected chi connectivity index (χ1v) is 5.47. The summed E-state index contributed by atoms with van der Waals surface area (Å²) in [7, 11) is 0. The number of amides is 1. The molecule has 0 aliphatic carbocycles. The van der Waals surface area contributed by atoms with E-state index in [1.54, 1.807) is 6.92 Å². The van der Waals surface area contributed by atoms with E-state index in [4.69, 9.17) is 5.84 Å². The summed E-state index contributed by atoms with van der Waals surface area (Å²) in [6.07, 6.45) is 0. The maximum absolute atomic E-state index is 11.4. The number of hydrogen-bond acceptors (Lipinski definition) is 3. The minimum atomic E-state index is -0.370. The Hall–Kier alpha value is -2.07. The van der Waals surface area contributed by atoms with Crippen LogP contribution in [0.4, 0.5) is 5.69 Å². The minimum Gasteiger partial charge on any atom is -0.373 e. The third kappa shape index (κ3) is 2.37. The minimum absolute atomic E-state index is 0.238. The first kappa shape index (κ1) is 11.4. The lowest BCUT2D eigenvalue weighted by atomic mass is 10.1. The van der Waals surface area contributed by atoms with Crippen LogP contribution in [0.1, 0.15) is 6.92 Å². The van der Waals surface area contributed by atoms with Crippen LogP contribution in [0.5, 0.6) is 0 Å². The first-order valence-electron chi connectivity index (χ1n) is 5.47. The van der Waals surface area contributed by atoms with Crippen LogP contribution in [0.25, 0.3) is 10.8 Å². The van der Waals surface area contributed by atoms with E-state index in [0.717, 1.165) is 16.5 Å². The highest BCUT2D eigenvalue weighted by Crippen LogP contribution is 2.23. The molecule has 0 aliphatic rings. The molecule has 88 valence electrons. The van der Waals surface area contributed by atoms with E-state index in [1.165, 1.54) is 0 Å². The fourth-order valence-corrected chi connectivity index (χ4v) is 1.78. The number of carbonyl (C=O) groups is 1. The Morgan fingerprint density at radius 3 is 2.65 bits per heavy atom. The predicted octanol–water partition coefficient (Wildman–Crippen LogP) is 1.63. The maximum atomic E-state index is 11.4. The fourth-order valence-electron chi connectivity index (χ4n) is 1.78. The van der Waals surface area contributed by atoms with Crippen molar-refractivity contribution in [3.05, 3.63) is 42.5 Å². The van der Waals surface area contributed by atoms with E-state index in [2.05, 4.69) is 10.7 Å². The lowest BCUT2D eigenvalue weighted by molar-refractivity contribution is -0.121. The largest absolute Gasteiger partial charge is 0.373 e. The van der Waals surface area contributed by atoms with E-state index in [0.29, 0.717) is 0 Å². The summed E-state index contributed by atoms with van der Waals surface area (Å²) < 4.78 is 0. The van der Waals surface area contributed by atoms with Crippen LogP contribution in [-0.2, 0) is 4.79 Å². The van der Waals surface area contributed by atoms with E-state index in [-0.39, 0.29) is 11.9 Å². The van der Waals surface area contributed by atoms with Crippen LogP contribution >= 0.6 is 0 Å². The third-order valence-electron chi connectivity index (χ3n) is 2.70. The van der Waals surface area contributed by atoms with Crippen LogP contribution in [0, 0.1) is 0 Å². The number of benzene rings is 2. The van der Waals surface area contributed by atoms with Crippen molar-refractivity contribution >= 4 is 22.4 Å². The number of hydrogen-bond donors (Lipinski definition) is 3. The van der Waals surface area contributed by atoms with E-state index < -0.39 is 0 Å². The number of rotatable bonds is 3. The van der Waals surface area contributed by atoms with Gasteiger partial charge in [-0.15, -0.1) is 0 Å². The van der Waals surface area contributed by atoms with Gasteiger partial charge < -0.3 is 5.32 Å². The van der Waals surface area contributed by atoms with Crippen molar-refractivity contribution in [2.75, 3.05) is 5.32 Å². The third-order valence-corrected chi connectivity index (χ3v) is 2.70. The average Bonchev–Trinajstić information content (AvgIpc) is 2.38. The average molecular weight is 229 g/mol. The summed E-state index contributed by atoms with van der Waals surface area (Å²) in [6.45, 7) is 1.77. The van der Waals surface area contributed by atoms with Gasteiger partial charge in [0.1, 0.15) is 6.04 Å². The smallest absolute Gasteiger partial charge is 0.256 e. The van der Waals surface area contributed by atoms with Crippen molar-refractivity contribution in [1.82, 2.24) is 5.43 Å². The molecule has 4 N–H and O–H groups in total. The molecule has 0 aliphatic heterocycles. The Labute approximate surface area is 99.8 Å². The second-order valence-corrected chi connectivity index (χ2v) is 3.90. The Balaban J connectivity index is 2.33. The Kier molecular flexibility index (Phi) is 3.25. The van der Waals surface area contributed by atoms with Crippen molar-refractivity contribution in [2.24, 2.45) is 5.84 Å². The summed E-state index contributed by atoms with van der Waals surface area (Å²) in [6, 6.07) is 13.6. The lowest BCUT2D eigenvalue weighted by Crippen LogP contribution is -2.41. The van der Waals surface area contributed by atoms with Crippen LogP contribution in [-0.4, -0.2) is 11.9 Å².